The molecule has 0 aliphatic heterocycles. The molecular weight excluding hydrogens is 312 g/mol. The molecule has 1 atom stereocenters. The Morgan fingerprint density at radius 3 is 2.52 bits per heavy atom. The van der Waals surface area contributed by atoms with E-state index in [1.165, 1.54) is 3.97 Å². The lowest BCUT2D eigenvalue weighted by atomic mass is 10.0. The number of aromatic nitrogens is 1. The normalized spacial score (nSPS) is 13.3. The van der Waals surface area contributed by atoms with Crippen molar-refractivity contribution < 1.29 is 12.6 Å². The third-order valence-corrected chi connectivity index (χ3v) is 5.12. The lowest BCUT2D eigenvalue weighted by molar-refractivity contribution is 0.389. The molecule has 3 rings (SSSR count). The third kappa shape index (κ3) is 2.76. The van der Waals surface area contributed by atoms with Gasteiger partial charge in [-0.2, -0.15) is 8.42 Å². The minimum atomic E-state index is -3.94. The van der Waals surface area contributed by atoms with Crippen LogP contribution in [0.15, 0.2) is 54.6 Å². The van der Waals surface area contributed by atoms with Crippen LogP contribution in [-0.2, 0) is 14.5 Å². The quantitative estimate of drug-likeness (QED) is 0.798. The molecule has 3 aromatic rings. The number of hydrogen-bond donors (Lipinski definition) is 1. The van der Waals surface area contributed by atoms with Crippen molar-refractivity contribution in [1.82, 2.24) is 3.97 Å². The summed E-state index contributed by atoms with van der Waals surface area (Å²) in [5, 5.41) is 0.797. The van der Waals surface area contributed by atoms with Crippen LogP contribution in [0.5, 0.6) is 0 Å². The van der Waals surface area contributed by atoms with Gasteiger partial charge in [-0.3, -0.25) is 4.18 Å². The highest BCUT2D eigenvalue weighted by molar-refractivity contribution is 7.85. The molecule has 0 amide bonds. The molecule has 0 aliphatic rings. The Bertz CT molecular complexity index is 961. The number of rotatable bonds is 4. The van der Waals surface area contributed by atoms with E-state index in [0.29, 0.717) is 11.2 Å². The lowest BCUT2D eigenvalue weighted by Crippen LogP contribution is -2.22. The predicted octanol–water partition coefficient (Wildman–Crippen LogP) is 2.74. The molecular formula is C17H18N2O3S. The highest BCUT2D eigenvalue weighted by Crippen LogP contribution is 2.29. The molecule has 0 bridgehead atoms. The van der Waals surface area contributed by atoms with Crippen molar-refractivity contribution in [3.63, 3.8) is 0 Å². The van der Waals surface area contributed by atoms with E-state index in [-0.39, 0.29) is 0 Å². The summed E-state index contributed by atoms with van der Waals surface area (Å²) >= 11 is 0. The molecule has 23 heavy (non-hydrogen) atoms. The van der Waals surface area contributed by atoms with Crippen molar-refractivity contribution in [3.8, 4) is 0 Å². The predicted molar refractivity (Wildman–Crippen MR) is 90.5 cm³/mol. The van der Waals surface area contributed by atoms with E-state index in [9.17, 15) is 8.42 Å². The van der Waals surface area contributed by atoms with Gasteiger partial charge in [-0.1, -0.05) is 48.0 Å². The van der Waals surface area contributed by atoms with E-state index in [0.717, 1.165) is 23.6 Å². The fraction of sp³-hybridized carbons (Fsp3) is 0.176. The Labute approximate surface area is 135 Å². The summed E-state index contributed by atoms with van der Waals surface area (Å²) in [4.78, 5) is 0. The van der Waals surface area contributed by atoms with E-state index in [1.54, 1.807) is 18.2 Å². The van der Waals surface area contributed by atoms with Gasteiger partial charge in [0.25, 0.3) is 0 Å². The summed E-state index contributed by atoms with van der Waals surface area (Å²) in [6, 6.07) is 16.2. The second kappa shape index (κ2) is 5.81. The molecule has 0 saturated heterocycles. The first-order valence-corrected chi connectivity index (χ1v) is 8.54. The fourth-order valence-electron chi connectivity index (χ4n) is 2.73. The Balaban J connectivity index is 2.27. The van der Waals surface area contributed by atoms with Crippen LogP contribution in [0.25, 0.3) is 10.9 Å². The van der Waals surface area contributed by atoms with Gasteiger partial charge in [-0.25, -0.2) is 3.97 Å². The van der Waals surface area contributed by atoms with Crippen LogP contribution < -0.4 is 5.73 Å². The summed E-state index contributed by atoms with van der Waals surface area (Å²) in [6.07, 6.45) is 0. The number of para-hydroxylation sites is 1. The Morgan fingerprint density at radius 1 is 1.09 bits per heavy atom. The van der Waals surface area contributed by atoms with Crippen molar-refractivity contribution in [2.24, 2.45) is 5.73 Å². The van der Waals surface area contributed by atoms with E-state index >= 15 is 0 Å². The molecule has 1 heterocycles. The van der Waals surface area contributed by atoms with E-state index in [1.807, 2.05) is 43.3 Å². The average Bonchev–Trinajstić information content (AvgIpc) is 2.94. The first kappa shape index (κ1) is 15.7. The van der Waals surface area contributed by atoms with Gasteiger partial charge in [0, 0.05) is 5.39 Å². The number of hydrogen-bond acceptors (Lipinski definition) is 4. The van der Waals surface area contributed by atoms with Crippen LogP contribution in [0.3, 0.4) is 0 Å². The number of aryl methyl sites for hydroxylation is 1. The van der Waals surface area contributed by atoms with Gasteiger partial charge in [0.2, 0.25) is 0 Å². The summed E-state index contributed by atoms with van der Waals surface area (Å²) < 4.78 is 30.7. The van der Waals surface area contributed by atoms with Crippen molar-refractivity contribution in [1.29, 1.82) is 0 Å². The molecule has 120 valence electrons. The molecule has 1 aromatic heterocycles. The second-order valence-corrected chi connectivity index (χ2v) is 6.96. The van der Waals surface area contributed by atoms with Gasteiger partial charge in [0.05, 0.1) is 24.4 Å². The van der Waals surface area contributed by atoms with Crippen molar-refractivity contribution in [2.75, 3.05) is 7.11 Å². The van der Waals surface area contributed by atoms with Crippen LogP contribution in [0.2, 0.25) is 0 Å². The molecule has 0 radical (unpaired) electrons. The number of nitrogens with zero attached hydrogens (tertiary/aromatic N) is 1. The van der Waals surface area contributed by atoms with Gasteiger partial charge < -0.3 is 5.73 Å². The minimum absolute atomic E-state index is 0.471. The van der Waals surface area contributed by atoms with E-state index < -0.39 is 16.3 Å². The topological polar surface area (TPSA) is 74.3 Å². The first-order chi connectivity index (χ1) is 10.9. The van der Waals surface area contributed by atoms with E-state index in [2.05, 4.69) is 0 Å². The smallest absolute Gasteiger partial charge is 0.319 e. The highest BCUT2D eigenvalue weighted by atomic mass is 32.2. The molecule has 0 fully saturated rings. The van der Waals surface area contributed by atoms with Gasteiger partial charge in [-0.05, 0) is 24.6 Å². The zero-order chi connectivity index (χ0) is 16.6. The van der Waals surface area contributed by atoms with Gasteiger partial charge >= 0.3 is 10.3 Å². The molecule has 6 heteroatoms. The summed E-state index contributed by atoms with van der Waals surface area (Å²) in [5.74, 6) is 0. The molecule has 0 unspecified atom stereocenters. The van der Waals surface area contributed by atoms with Crippen LogP contribution in [-0.4, -0.2) is 19.5 Å². The number of fused-ring (bicyclic) bond motifs is 1. The summed E-state index contributed by atoms with van der Waals surface area (Å²) in [5.41, 5.74) is 9.29. The van der Waals surface area contributed by atoms with Crippen molar-refractivity contribution >= 4 is 21.2 Å². The van der Waals surface area contributed by atoms with Crippen LogP contribution >= 0.6 is 0 Å². The van der Waals surface area contributed by atoms with Crippen molar-refractivity contribution in [3.05, 3.63) is 71.4 Å². The van der Waals surface area contributed by atoms with Crippen LogP contribution in [0, 0.1) is 6.92 Å². The molecule has 0 spiro atoms. The standard InChI is InChI=1S/C17H18N2O3S/c1-12-6-5-8-14(10-12)17(18)16-11-13-7-3-4-9-15(13)19(16)23(20,21)22-2/h3-11,17H,18H2,1-2H3/t17-/m0/s1. The SMILES string of the molecule is COS(=O)(=O)n1c([C@@H](N)c2cccc(C)c2)cc2ccccc21. The first-order valence-electron chi connectivity index (χ1n) is 7.17. The minimum Gasteiger partial charge on any atom is -0.319 e. The monoisotopic (exact) mass is 330 g/mol. The maximum absolute atomic E-state index is 12.4. The van der Waals surface area contributed by atoms with Gasteiger partial charge in [0.15, 0.2) is 0 Å². The molecule has 0 aliphatic carbocycles. The molecule has 5 nitrogen and oxygen atoms in total. The number of benzene rings is 2. The zero-order valence-electron chi connectivity index (χ0n) is 12.9. The lowest BCUT2D eigenvalue weighted by Gasteiger charge is -2.16. The Kier molecular flexibility index (Phi) is 3.97. The van der Waals surface area contributed by atoms with Crippen molar-refractivity contribution in [2.45, 2.75) is 13.0 Å². The van der Waals surface area contributed by atoms with Gasteiger partial charge in [-0.15, -0.1) is 0 Å². The summed E-state index contributed by atoms with van der Waals surface area (Å²) in [6.45, 7) is 1.97. The molecule has 2 aromatic carbocycles. The summed E-state index contributed by atoms with van der Waals surface area (Å²) in [7, 11) is -2.79. The van der Waals surface area contributed by atoms with Gasteiger partial charge in [0.1, 0.15) is 0 Å². The average molecular weight is 330 g/mol. The Morgan fingerprint density at radius 2 is 1.83 bits per heavy atom. The van der Waals surface area contributed by atoms with Crippen LogP contribution in [0.4, 0.5) is 0 Å². The third-order valence-electron chi connectivity index (χ3n) is 3.85. The maximum atomic E-state index is 12.4. The zero-order valence-corrected chi connectivity index (χ0v) is 13.7. The van der Waals surface area contributed by atoms with E-state index in [4.69, 9.17) is 9.92 Å². The van der Waals surface area contributed by atoms with Crippen LogP contribution in [0.1, 0.15) is 22.9 Å². The maximum Gasteiger partial charge on any atom is 0.366 e. The highest BCUT2D eigenvalue weighted by Gasteiger charge is 2.24. The fourth-order valence-corrected chi connectivity index (χ4v) is 3.71. The number of nitrogens with two attached hydrogens (primary N) is 1. The largest absolute Gasteiger partial charge is 0.366 e. The molecule has 2 N–H and O–H groups in total. The second-order valence-electron chi connectivity index (χ2n) is 5.41. The molecule has 0 saturated carbocycles. The Hall–Kier alpha value is -2.15.